The molecule has 0 amide bonds. The van der Waals surface area contributed by atoms with Crippen LogP contribution in [-0.2, 0) is 0 Å². The van der Waals surface area contributed by atoms with Crippen LogP contribution >= 0.6 is 0 Å². The normalized spacial score (nSPS) is 11.8. The topological polar surface area (TPSA) is 52.6 Å². The van der Waals surface area contributed by atoms with Gasteiger partial charge in [-0.2, -0.15) is 0 Å². The van der Waals surface area contributed by atoms with Gasteiger partial charge >= 0.3 is 217 Å². The predicted molar refractivity (Wildman–Crippen MR) is 180 cm³/mol. The van der Waals surface area contributed by atoms with Crippen molar-refractivity contribution in [2.45, 2.75) is 117 Å². The minimum atomic E-state index is -1.32. The SMILES string of the molecule is CCCCCCCCCCCCOc1ccc(-c2ccc(C(=O)Oc3ccc(C(=O)C(C)CCCCCC)c(F)c3F)[se]2)cc1. The summed E-state index contributed by atoms with van der Waals surface area (Å²) >= 11 is -0.354. The van der Waals surface area contributed by atoms with E-state index in [9.17, 15) is 18.4 Å². The number of rotatable bonds is 22. The van der Waals surface area contributed by atoms with Crippen LogP contribution in [0.2, 0.25) is 0 Å². The molecule has 4 nitrogen and oxygen atoms in total. The Morgan fingerprint density at radius 2 is 1.31 bits per heavy atom. The molecule has 246 valence electrons. The molecule has 7 heteroatoms. The number of hydrogen-bond acceptors (Lipinski definition) is 4. The average Bonchev–Trinajstić information content (AvgIpc) is 3.55. The van der Waals surface area contributed by atoms with E-state index in [2.05, 4.69) is 13.8 Å². The zero-order chi connectivity index (χ0) is 32.4. The van der Waals surface area contributed by atoms with Gasteiger partial charge in [-0.25, -0.2) is 0 Å². The molecule has 3 rings (SSSR count). The summed E-state index contributed by atoms with van der Waals surface area (Å²) in [6, 6.07) is 13.7. The summed E-state index contributed by atoms with van der Waals surface area (Å²) in [5.74, 6) is -3.86. The van der Waals surface area contributed by atoms with Gasteiger partial charge in [0.25, 0.3) is 0 Å². The molecule has 0 aliphatic rings. The third-order valence-electron chi connectivity index (χ3n) is 8.17. The molecule has 0 N–H and O–H groups in total. The van der Waals surface area contributed by atoms with Gasteiger partial charge in [0.2, 0.25) is 0 Å². The predicted octanol–water partition coefficient (Wildman–Crippen LogP) is 11.0. The average molecular weight is 688 g/mol. The summed E-state index contributed by atoms with van der Waals surface area (Å²) in [5, 5.41) is 0. The van der Waals surface area contributed by atoms with Crippen molar-refractivity contribution in [2.75, 3.05) is 6.61 Å². The molecule has 0 aliphatic carbocycles. The first-order valence-electron chi connectivity index (χ1n) is 16.9. The van der Waals surface area contributed by atoms with Crippen LogP contribution in [-0.4, -0.2) is 32.9 Å². The molecule has 2 aromatic carbocycles. The monoisotopic (exact) mass is 688 g/mol. The summed E-state index contributed by atoms with van der Waals surface area (Å²) in [7, 11) is 0. The van der Waals surface area contributed by atoms with Gasteiger partial charge in [0.15, 0.2) is 0 Å². The van der Waals surface area contributed by atoms with Gasteiger partial charge in [-0.15, -0.1) is 0 Å². The van der Waals surface area contributed by atoms with Crippen molar-refractivity contribution < 1.29 is 27.8 Å². The van der Waals surface area contributed by atoms with Crippen LogP contribution in [0.15, 0.2) is 48.5 Å². The fraction of sp³-hybridized carbons (Fsp3) is 0.526. The molecular formula is C38H50F2O4Se. The molecule has 0 saturated heterocycles. The van der Waals surface area contributed by atoms with E-state index in [4.69, 9.17) is 9.47 Å². The summed E-state index contributed by atoms with van der Waals surface area (Å²) in [4.78, 5) is 25.5. The van der Waals surface area contributed by atoms with E-state index in [0.717, 1.165) is 47.9 Å². The van der Waals surface area contributed by atoms with Gasteiger partial charge in [-0.05, 0) is 0 Å². The van der Waals surface area contributed by atoms with Crippen molar-refractivity contribution in [3.05, 3.63) is 70.2 Å². The van der Waals surface area contributed by atoms with Crippen molar-refractivity contribution in [1.82, 2.24) is 0 Å². The van der Waals surface area contributed by atoms with Gasteiger partial charge < -0.3 is 0 Å². The maximum atomic E-state index is 14.8. The van der Waals surface area contributed by atoms with Gasteiger partial charge in [-0.3, -0.25) is 0 Å². The number of ether oxygens (including phenoxy) is 2. The Morgan fingerprint density at radius 3 is 1.96 bits per heavy atom. The van der Waals surface area contributed by atoms with Gasteiger partial charge in [0, 0.05) is 0 Å². The van der Waals surface area contributed by atoms with Crippen LogP contribution in [0.4, 0.5) is 8.78 Å². The third kappa shape index (κ3) is 12.2. The Balaban J connectivity index is 1.45. The molecule has 0 radical (unpaired) electrons. The molecular weight excluding hydrogens is 637 g/mol. The van der Waals surface area contributed by atoms with Crippen molar-refractivity contribution >= 4 is 26.3 Å². The second-order valence-corrected chi connectivity index (χ2v) is 14.2. The Morgan fingerprint density at radius 1 is 0.711 bits per heavy atom. The van der Waals surface area contributed by atoms with Crippen LogP contribution in [0, 0.1) is 17.6 Å². The first kappa shape index (κ1) is 36.7. The molecule has 45 heavy (non-hydrogen) atoms. The zero-order valence-corrected chi connectivity index (χ0v) is 29.0. The zero-order valence-electron chi connectivity index (χ0n) is 27.3. The van der Waals surface area contributed by atoms with E-state index in [-0.39, 0.29) is 20.1 Å². The summed E-state index contributed by atoms with van der Waals surface area (Å²) < 4.78 is 42.2. The van der Waals surface area contributed by atoms with Crippen molar-refractivity contribution in [1.29, 1.82) is 0 Å². The standard InChI is InChI=1S/C38H50F2O4Se/c1-4-6-8-10-11-12-13-14-15-17-27-43-30-21-19-29(20-22-30)33-25-26-34(45-33)38(42)44-32-24-23-31(35(39)36(32)40)37(41)28(3)18-16-9-7-5-2/h19-26,28H,4-18,27H2,1-3H3. The van der Waals surface area contributed by atoms with Crippen LogP contribution in [0.3, 0.4) is 0 Å². The van der Waals surface area contributed by atoms with E-state index < -0.39 is 35.1 Å². The minimum absolute atomic E-state index is 0.306. The Bertz CT molecular complexity index is 1320. The Hall–Kier alpha value is -2.76. The number of halogens is 2. The van der Waals surface area contributed by atoms with Crippen LogP contribution in [0.5, 0.6) is 11.5 Å². The molecule has 0 bridgehead atoms. The van der Waals surface area contributed by atoms with Crippen molar-refractivity contribution in [3.63, 3.8) is 0 Å². The maximum absolute atomic E-state index is 14.8. The fourth-order valence-corrected chi connectivity index (χ4v) is 7.19. The fourth-order valence-electron chi connectivity index (χ4n) is 5.32. The van der Waals surface area contributed by atoms with Crippen LogP contribution < -0.4 is 9.47 Å². The summed E-state index contributed by atoms with van der Waals surface area (Å²) in [6.07, 6.45) is 17.5. The molecule has 0 fully saturated rings. The van der Waals surface area contributed by atoms with E-state index in [1.807, 2.05) is 30.3 Å². The van der Waals surface area contributed by atoms with Crippen LogP contribution in [0.1, 0.15) is 137 Å². The molecule has 0 saturated carbocycles. The number of hydrogen-bond donors (Lipinski definition) is 0. The van der Waals surface area contributed by atoms with Crippen molar-refractivity contribution in [3.8, 4) is 21.5 Å². The van der Waals surface area contributed by atoms with E-state index in [1.165, 1.54) is 69.9 Å². The van der Waals surface area contributed by atoms with Crippen molar-refractivity contribution in [2.24, 2.45) is 5.92 Å². The number of carbonyl (C=O) groups is 2. The Labute approximate surface area is 274 Å². The summed E-state index contributed by atoms with van der Waals surface area (Å²) in [5.41, 5.74) is 0.670. The number of ketones is 1. The number of Topliss-reactive ketones (excluding diaryl/α,β-unsaturated/α-hetero) is 1. The number of benzene rings is 2. The number of esters is 1. The van der Waals surface area contributed by atoms with E-state index in [0.29, 0.717) is 17.5 Å². The second kappa shape index (κ2) is 20.4. The van der Waals surface area contributed by atoms with Gasteiger partial charge in [0.1, 0.15) is 0 Å². The van der Waals surface area contributed by atoms with E-state index >= 15 is 0 Å². The first-order valence-corrected chi connectivity index (χ1v) is 18.6. The molecule has 1 heterocycles. The summed E-state index contributed by atoms with van der Waals surface area (Å²) in [6.45, 7) is 6.79. The molecule has 1 unspecified atom stereocenters. The molecule has 0 aliphatic heterocycles. The molecule has 1 aromatic heterocycles. The second-order valence-electron chi connectivity index (χ2n) is 12.0. The van der Waals surface area contributed by atoms with Gasteiger partial charge in [0.05, 0.1) is 0 Å². The number of unbranched alkanes of at least 4 members (excludes halogenated alkanes) is 12. The quantitative estimate of drug-likeness (QED) is 0.0347. The van der Waals surface area contributed by atoms with E-state index in [1.54, 1.807) is 13.0 Å². The Kier molecular flexibility index (Phi) is 16.6. The molecule has 1 atom stereocenters. The van der Waals surface area contributed by atoms with Crippen LogP contribution in [0.25, 0.3) is 10.0 Å². The number of carbonyl (C=O) groups excluding carboxylic acids is 2. The third-order valence-corrected chi connectivity index (χ3v) is 10.5. The molecule has 3 aromatic rings. The molecule has 0 spiro atoms. The van der Waals surface area contributed by atoms with Gasteiger partial charge in [-0.1, -0.05) is 58.8 Å². The first-order chi connectivity index (χ1) is 21.8.